The summed E-state index contributed by atoms with van der Waals surface area (Å²) >= 11 is 0. The van der Waals surface area contributed by atoms with Crippen LogP contribution in [0.5, 0.6) is 5.75 Å². The molecule has 0 atom stereocenters. The topological polar surface area (TPSA) is 32.6 Å². The van der Waals surface area contributed by atoms with Crippen molar-refractivity contribution in [3.05, 3.63) is 58.1 Å². The molecule has 0 aromatic heterocycles. The van der Waals surface area contributed by atoms with E-state index >= 15 is 0 Å². The van der Waals surface area contributed by atoms with Crippen LogP contribution in [-0.2, 0) is 19.3 Å². The van der Waals surface area contributed by atoms with Crippen molar-refractivity contribution >= 4 is 11.9 Å². The van der Waals surface area contributed by atoms with E-state index in [0.717, 1.165) is 36.4 Å². The maximum absolute atomic E-state index is 10.4. The first-order valence-corrected chi connectivity index (χ1v) is 11.1. The molecule has 0 heterocycles. The number of benzene rings is 2. The Hall–Kier alpha value is -2.09. The van der Waals surface area contributed by atoms with Gasteiger partial charge in [-0.05, 0) is 78.3 Å². The van der Waals surface area contributed by atoms with Gasteiger partial charge in [0.2, 0.25) is 0 Å². The molecule has 2 nitrogen and oxygen atoms in total. The molecule has 2 heteroatoms. The Kier molecular flexibility index (Phi) is 6.93. The lowest BCUT2D eigenvalue weighted by molar-refractivity contribution is 0.347. The van der Waals surface area contributed by atoms with E-state index in [9.17, 15) is 5.11 Å². The second-order valence-electron chi connectivity index (χ2n) is 8.36. The van der Waals surface area contributed by atoms with Crippen LogP contribution < -0.4 is 0 Å². The molecule has 0 unspecified atom stereocenters. The second-order valence-corrected chi connectivity index (χ2v) is 8.36. The Bertz CT molecular complexity index is 803. The number of aliphatic imine (C=N–C) groups is 1. The minimum absolute atomic E-state index is 0.318. The summed E-state index contributed by atoms with van der Waals surface area (Å²) in [5.74, 6) is 1.78. The standard InChI is InChI=1S/C26H35NO/c1-5-19-14-20(6-2)26(21(7-3)15-19)27-17-24-16-23(12-13-25(24)28)22-10-8-18(4)9-11-22/h12-18,22,28H,5-11H2,1-4H3/b27-17+. The Morgan fingerprint density at radius 2 is 1.57 bits per heavy atom. The van der Waals surface area contributed by atoms with Crippen LogP contribution in [0.3, 0.4) is 0 Å². The maximum atomic E-state index is 10.4. The first-order chi connectivity index (χ1) is 13.5. The van der Waals surface area contributed by atoms with Crippen LogP contribution >= 0.6 is 0 Å². The number of rotatable bonds is 6. The molecule has 1 fully saturated rings. The van der Waals surface area contributed by atoms with Gasteiger partial charge in [0.1, 0.15) is 5.75 Å². The van der Waals surface area contributed by atoms with Gasteiger partial charge in [-0.1, -0.05) is 58.7 Å². The van der Waals surface area contributed by atoms with Crippen molar-refractivity contribution in [3.8, 4) is 5.75 Å². The van der Waals surface area contributed by atoms with Crippen molar-refractivity contribution in [2.45, 2.75) is 78.6 Å². The molecule has 0 spiro atoms. The first kappa shape index (κ1) is 20.6. The first-order valence-electron chi connectivity index (χ1n) is 11.1. The van der Waals surface area contributed by atoms with Crippen molar-refractivity contribution in [1.82, 2.24) is 0 Å². The van der Waals surface area contributed by atoms with Crippen LogP contribution in [0.15, 0.2) is 35.3 Å². The molecule has 0 aliphatic heterocycles. The van der Waals surface area contributed by atoms with E-state index in [1.807, 2.05) is 12.3 Å². The van der Waals surface area contributed by atoms with Crippen molar-refractivity contribution < 1.29 is 5.11 Å². The van der Waals surface area contributed by atoms with E-state index in [1.54, 1.807) is 0 Å². The fourth-order valence-corrected chi connectivity index (χ4v) is 4.40. The van der Waals surface area contributed by atoms with E-state index in [-0.39, 0.29) is 0 Å². The zero-order valence-electron chi connectivity index (χ0n) is 18.0. The van der Waals surface area contributed by atoms with Crippen molar-refractivity contribution in [1.29, 1.82) is 0 Å². The summed E-state index contributed by atoms with van der Waals surface area (Å²) in [6, 6.07) is 10.7. The van der Waals surface area contributed by atoms with Crippen LogP contribution in [0.25, 0.3) is 0 Å². The number of phenolic OH excluding ortho intramolecular Hbond substituents is 1. The van der Waals surface area contributed by atoms with Crippen LogP contribution in [-0.4, -0.2) is 11.3 Å². The molecular weight excluding hydrogens is 342 g/mol. The highest BCUT2D eigenvalue weighted by atomic mass is 16.3. The molecule has 150 valence electrons. The third-order valence-corrected chi connectivity index (χ3v) is 6.37. The lowest BCUT2D eigenvalue weighted by Gasteiger charge is -2.26. The van der Waals surface area contributed by atoms with Gasteiger partial charge >= 0.3 is 0 Å². The highest BCUT2D eigenvalue weighted by Gasteiger charge is 2.20. The van der Waals surface area contributed by atoms with E-state index < -0.39 is 0 Å². The molecular formula is C26H35NO. The smallest absolute Gasteiger partial charge is 0.124 e. The number of aryl methyl sites for hydroxylation is 3. The van der Waals surface area contributed by atoms with Gasteiger partial charge in [0, 0.05) is 11.8 Å². The summed E-state index contributed by atoms with van der Waals surface area (Å²) in [6.07, 6.45) is 9.97. The van der Waals surface area contributed by atoms with Crippen molar-refractivity contribution in [2.75, 3.05) is 0 Å². The minimum Gasteiger partial charge on any atom is -0.507 e. The summed E-state index contributed by atoms with van der Waals surface area (Å²) in [6.45, 7) is 8.93. The van der Waals surface area contributed by atoms with Crippen molar-refractivity contribution in [2.24, 2.45) is 10.9 Å². The lowest BCUT2D eigenvalue weighted by atomic mass is 9.79. The van der Waals surface area contributed by atoms with E-state index in [4.69, 9.17) is 4.99 Å². The average Bonchev–Trinajstić information content (AvgIpc) is 2.73. The highest BCUT2D eigenvalue weighted by molar-refractivity contribution is 5.86. The Labute approximate surface area is 170 Å². The van der Waals surface area contributed by atoms with Gasteiger partial charge in [0.25, 0.3) is 0 Å². The molecule has 2 aromatic carbocycles. The van der Waals surface area contributed by atoms with Gasteiger partial charge in [0.05, 0.1) is 5.69 Å². The third-order valence-electron chi connectivity index (χ3n) is 6.37. The summed E-state index contributed by atoms with van der Waals surface area (Å²) in [5, 5.41) is 10.4. The molecule has 1 saturated carbocycles. The Morgan fingerprint density at radius 3 is 2.14 bits per heavy atom. The summed E-state index contributed by atoms with van der Waals surface area (Å²) in [4.78, 5) is 4.87. The van der Waals surface area contributed by atoms with Crippen LogP contribution in [0.4, 0.5) is 5.69 Å². The fourth-order valence-electron chi connectivity index (χ4n) is 4.40. The van der Waals surface area contributed by atoms with Gasteiger partial charge in [-0.15, -0.1) is 0 Å². The zero-order valence-corrected chi connectivity index (χ0v) is 18.0. The largest absolute Gasteiger partial charge is 0.507 e. The molecule has 1 aliphatic carbocycles. The molecule has 2 aromatic rings. The maximum Gasteiger partial charge on any atom is 0.124 e. The van der Waals surface area contributed by atoms with Crippen LogP contribution in [0, 0.1) is 5.92 Å². The second kappa shape index (κ2) is 9.41. The summed E-state index contributed by atoms with van der Waals surface area (Å²) in [7, 11) is 0. The summed E-state index contributed by atoms with van der Waals surface area (Å²) in [5.41, 5.74) is 7.23. The number of nitrogens with zero attached hydrogens (tertiary/aromatic N) is 1. The predicted octanol–water partition coefficient (Wildman–Crippen LogP) is 7.12. The van der Waals surface area contributed by atoms with Crippen LogP contribution in [0.1, 0.15) is 87.1 Å². The molecule has 0 saturated heterocycles. The molecule has 0 amide bonds. The van der Waals surface area contributed by atoms with E-state index in [0.29, 0.717) is 11.7 Å². The molecule has 1 aliphatic rings. The SMILES string of the molecule is CCc1cc(CC)c(/N=C/c2cc(C3CCC(C)CC3)ccc2O)c(CC)c1. The van der Waals surface area contributed by atoms with Gasteiger partial charge in [0.15, 0.2) is 0 Å². The third kappa shape index (κ3) is 4.66. The Balaban J connectivity index is 1.91. The van der Waals surface area contributed by atoms with E-state index in [1.165, 1.54) is 47.9 Å². The van der Waals surface area contributed by atoms with Crippen molar-refractivity contribution in [3.63, 3.8) is 0 Å². The lowest BCUT2D eigenvalue weighted by Crippen LogP contribution is -2.11. The molecule has 3 rings (SSSR count). The van der Waals surface area contributed by atoms with Gasteiger partial charge in [-0.25, -0.2) is 0 Å². The normalized spacial score (nSPS) is 20.0. The molecule has 1 N–H and O–H groups in total. The quantitative estimate of drug-likeness (QED) is 0.534. The summed E-state index contributed by atoms with van der Waals surface area (Å²) < 4.78 is 0. The van der Waals surface area contributed by atoms with E-state index in [2.05, 4.69) is 52.0 Å². The number of hydrogen-bond acceptors (Lipinski definition) is 2. The van der Waals surface area contributed by atoms with Crippen LogP contribution in [0.2, 0.25) is 0 Å². The average molecular weight is 378 g/mol. The zero-order chi connectivity index (χ0) is 20.1. The number of phenols is 1. The molecule has 0 bridgehead atoms. The predicted molar refractivity (Wildman–Crippen MR) is 120 cm³/mol. The minimum atomic E-state index is 0.318. The molecule has 28 heavy (non-hydrogen) atoms. The van der Waals surface area contributed by atoms with Gasteiger partial charge in [-0.3, -0.25) is 4.99 Å². The molecule has 0 radical (unpaired) electrons. The Morgan fingerprint density at radius 1 is 0.929 bits per heavy atom. The van der Waals surface area contributed by atoms with Gasteiger partial charge < -0.3 is 5.11 Å². The number of aromatic hydroxyl groups is 1. The number of hydrogen-bond donors (Lipinski definition) is 1. The monoisotopic (exact) mass is 377 g/mol. The fraction of sp³-hybridized carbons (Fsp3) is 0.500. The highest BCUT2D eigenvalue weighted by Crippen LogP contribution is 2.37. The van der Waals surface area contributed by atoms with Gasteiger partial charge in [-0.2, -0.15) is 0 Å².